The Kier molecular flexibility index (Phi) is 5.18. The van der Waals surface area contributed by atoms with Crippen molar-refractivity contribution in [1.29, 1.82) is 0 Å². The number of hydrogen-bond donors (Lipinski definition) is 0. The molecule has 0 saturated heterocycles. The van der Waals surface area contributed by atoms with Crippen LogP contribution in [0.5, 0.6) is 0 Å². The lowest BCUT2D eigenvalue weighted by Gasteiger charge is -2.16. The second kappa shape index (κ2) is 7.11. The van der Waals surface area contributed by atoms with Crippen LogP contribution in [-0.2, 0) is 25.7 Å². The standard InChI is InChI=1S/C19H20Br2/c20-13-15(12-18-4-1-2-7-19(18)21)10-14-8-9-16-5-3-6-17(16)11-14/h1-2,4,7-9,11,15H,3,5-6,10,12-13H2. The van der Waals surface area contributed by atoms with Gasteiger partial charge in [-0.05, 0) is 66.3 Å². The van der Waals surface area contributed by atoms with Crippen molar-refractivity contribution in [2.24, 2.45) is 5.92 Å². The van der Waals surface area contributed by atoms with Crippen molar-refractivity contribution in [3.63, 3.8) is 0 Å². The number of alkyl halides is 1. The third-order valence-electron chi connectivity index (χ3n) is 4.37. The molecule has 1 unspecified atom stereocenters. The van der Waals surface area contributed by atoms with Crippen LogP contribution in [0.4, 0.5) is 0 Å². The summed E-state index contributed by atoms with van der Waals surface area (Å²) >= 11 is 7.37. The minimum absolute atomic E-state index is 0.642. The van der Waals surface area contributed by atoms with Gasteiger partial charge in [0.15, 0.2) is 0 Å². The van der Waals surface area contributed by atoms with Crippen LogP contribution < -0.4 is 0 Å². The number of fused-ring (bicyclic) bond motifs is 1. The maximum atomic E-state index is 3.70. The first-order chi connectivity index (χ1) is 10.3. The molecular formula is C19H20Br2. The Labute approximate surface area is 144 Å². The molecule has 0 heterocycles. The predicted octanol–water partition coefficient (Wildman–Crippen LogP) is 5.73. The first-order valence-corrected chi connectivity index (χ1v) is 9.58. The molecule has 0 N–H and O–H groups in total. The van der Waals surface area contributed by atoms with E-state index in [1.165, 1.54) is 34.9 Å². The summed E-state index contributed by atoms with van der Waals surface area (Å²) in [5, 5.41) is 1.05. The van der Waals surface area contributed by atoms with Gasteiger partial charge >= 0.3 is 0 Å². The average Bonchev–Trinajstić information content (AvgIpc) is 2.96. The molecular weight excluding hydrogens is 388 g/mol. The molecule has 0 bridgehead atoms. The molecule has 0 spiro atoms. The van der Waals surface area contributed by atoms with Gasteiger partial charge in [-0.3, -0.25) is 0 Å². The van der Waals surface area contributed by atoms with Crippen molar-refractivity contribution in [2.75, 3.05) is 5.33 Å². The molecule has 0 nitrogen and oxygen atoms in total. The largest absolute Gasteiger partial charge is 0.0925 e. The lowest BCUT2D eigenvalue weighted by atomic mass is 9.93. The Morgan fingerprint density at radius 1 is 0.952 bits per heavy atom. The van der Waals surface area contributed by atoms with Crippen molar-refractivity contribution in [3.05, 3.63) is 69.2 Å². The van der Waals surface area contributed by atoms with Crippen LogP contribution in [0.15, 0.2) is 46.9 Å². The zero-order valence-corrected chi connectivity index (χ0v) is 15.3. The van der Waals surface area contributed by atoms with Gasteiger partial charge in [-0.1, -0.05) is 68.3 Å². The van der Waals surface area contributed by atoms with Gasteiger partial charge in [0, 0.05) is 9.80 Å². The van der Waals surface area contributed by atoms with Gasteiger partial charge in [-0.2, -0.15) is 0 Å². The van der Waals surface area contributed by atoms with E-state index in [1.54, 1.807) is 11.1 Å². The van der Waals surface area contributed by atoms with E-state index >= 15 is 0 Å². The fraction of sp³-hybridized carbons (Fsp3) is 0.368. The highest BCUT2D eigenvalue weighted by molar-refractivity contribution is 9.10. The highest BCUT2D eigenvalue weighted by Crippen LogP contribution is 2.26. The van der Waals surface area contributed by atoms with E-state index in [0.717, 1.165) is 18.2 Å². The third kappa shape index (κ3) is 3.78. The van der Waals surface area contributed by atoms with E-state index in [-0.39, 0.29) is 0 Å². The van der Waals surface area contributed by atoms with E-state index in [0.29, 0.717) is 5.92 Å². The normalized spacial score (nSPS) is 15.0. The van der Waals surface area contributed by atoms with Gasteiger partial charge in [-0.15, -0.1) is 0 Å². The van der Waals surface area contributed by atoms with E-state index in [9.17, 15) is 0 Å². The fourth-order valence-corrected chi connectivity index (χ4v) is 4.15. The number of halogens is 2. The van der Waals surface area contributed by atoms with Crippen molar-refractivity contribution >= 4 is 31.9 Å². The average molecular weight is 408 g/mol. The zero-order chi connectivity index (χ0) is 14.7. The van der Waals surface area contributed by atoms with Gasteiger partial charge in [0.05, 0.1) is 0 Å². The number of hydrogen-bond acceptors (Lipinski definition) is 0. The first-order valence-electron chi connectivity index (χ1n) is 7.66. The molecule has 2 aromatic carbocycles. The van der Waals surface area contributed by atoms with Gasteiger partial charge in [0.25, 0.3) is 0 Å². The fourth-order valence-electron chi connectivity index (χ4n) is 3.24. The van der Waals surface area contributed by atoms with E-state index in [4.69, 9.17) is 0 Å². The summed E-state index contributed by atoms with van der Waals surface area (Å²) in [7, 11) is 0. The van der Waals surface area contributed by atoms with Crippen LogP contribution in [-0.4, -0.2) is 5.33 Å². The molecule has 3 rings (SSSR count). The summed E-state index contributed by atoms with van der Waals surface area (Å²) in [6, 6.07) is 15.7. The molecule has 1 aliphatic carbocycles. The minimum atomic E-state index is 0.642. The Morgan fingerprint density at radius 3 is 2.57 bits per heavy atom. The third-order valence-corrected chi connectivity index (χ3v) is 6.06. The molecule has 1 aliphatic rings. The molecule has 0 radical (unpaired) electrons. The zero-order valence-electron chi connectivity index (χ0n) is 12.1. The number of aryl methyl sites for hydroxylation is 2. The number of benzene rings is 2. The van der Waals surface area contributed by atoms with Crippen LogP contribution >= 0.6 is 31.9 Å². The quantitative estimate of drug-likeness (QED) is 0.554. The highest BCUT2D eigenvalue weighted by Gasteiger charge is 2.14. The minimum Gasteiger partial charge on any atom is -0.0925 e. The summed E-state index contributed by atoms with van der Waals surface area (Å²) in [6.07, 6.45) is 6.14. The van der Waals surface area contributed by atoms with Gasteiger partial charge in [0.2, 0.25) is 0 Å². The first kappa shape index (κ1) is 15.3. The van der Waals surface area contributed by atoms with Crippen LogP contribution in [0.2, 0.25) is 0 Å². The van der Waals surface area contributed by atoms with Crippen LogP contribution in [0.3, 0.4) is 0 Å². The maximum Gasteiger partial charge on any atom is 0.0207 e. The van der Waals surface area contributed by atoms with Crippen LogP contribution in [0.1, 0.15) is 28.7 Å². The maximum absolute atomic E-state index is 3.70. The Hall–Kier alpha value is -0.600. The van der Waals surface area contributed by atoms with Crippen molar-refractivity contribution in [3.8, 4) is 0 Å². The van der Waals surface area contributed by atoms with Crippen LogP contribution in [0.25, 0.3) is 0 Å². The Bertz CT molecular complexity index is 619. The molecule has 110 valence electrons. The topological polar surface area (TPSA) is 0 Å². The smallest absolute Gasteiger partial charge is 0.0207 e. The summed E-state index contributed by atoms with van der Waals surface area (Å²) in [6.45, 7) is 0. The molecule has 0 aliphatic heterocycles. The Balaban J connectivity index is 1.71. The molecule has 2 heteroatoms. The van der Waals surface area contributed by atoms with Gasteiger partial charge < -0.3 is 0 Å². The molecule has 0 saturated carbocycles. The van der Waals surface area contributed by atoms with E-state index in [2.05, 4.69) is 74.3 Å². The summed E-state index contributed by atoms with van der Waals surface area (Å²) in [5.74, 6) is 0.642. The van der Waals surface area contributed by atoms with E-state index < -0.39 is 0 Å². The summed E-state index contributed by atoms with van der Waals surface area (Å²) in [5.41, 5.74) is 6.05. The van der Waals surface area contributed by atoms with Crippen molar-refractivity contribution in [1.82, 2.24) is 0 Å². The SMILES string of the molecule is BrCC(Cc1ccc2c(c1)CCC2)Cc1ccccc1Br. The second-order valence-electron chi connectivity index (χ2n) is 5.98. The summed E-state index contributed by atoms with van der Waals surface area (Å²) in [4.78, 5) is 0. The Morgan fingerprint density at radius 2 is 1.76 bits per heavy atom. The monoisotopic (exact) mass is 406 g/mol. The molecule has 0 aromatic heterocycles. The van der Waals surface area contributed by atoms with Crippen molar-refractivity contribution < 1.29 is 0 Å². The summed E-state index contributed by atoms with van der Waals surface area (Å²) < 4.78 is 1.23. The van der Waals surface area contributed by atoms with Crippen molar-refractivity contribution in [2.45, 2.75) is 32.1 Å². The second-order valence-corrected chi connectivity index (χ2v) is 7.48. The highest BCUT2D eigenvalue weighted by atomic mass is 79.9. The lowest BCUT2D eigenvalue weighted by Crippen LogP contribution is -2.10. The molecule has 2 aromatic rings. The predicted molar refractivity (Wildman–Crippen MR) is 97.3 cm³/mol. The van der Waals surface area contributed by atoms with Gasteiger partial charge in [0.1, 0.15) is 0 Å². The molecule has 0 amide bonds. The number of rotatable bonds is 5. The van der Waals surface area contributed by atoms with Crippen LogP contribution in [0, 0.1) is 5.92 Å². The molecule has 0 fully saturated rings. The molecule has 21 heavy (non-hydrogen) atoms. The van der Waals surface area contributed by atoms with Gasteiger partial charge in [-0.25, -0.2) is 0 Å². The molecule has 1 atom stereocenters. The lowest BCUT2D eigenvalue weighted by molar-refractivity contribution is 0.590. The van der Waals surface area contributed by atoms with E-state index in [1.807, 2.05) is 0 Å².